The fourth-order valence-electron chi connectivity index (χ4n) is 1.49. The van der Waals surface area contributed by atoms with Gasteiger partial charge in [0.05, 0.1) is 5.56 Å². The zero-order valence-electron chi connectivity index (χ0n) is 8.24. The summed E-state index contributed by atoms with van der Waals surface area (Å²) in [4.78, 5) is 10.7. The Morgan fingerprint density at radius 3 is 2.00 bits per heavy atom. The molecule has 4 nitrogen and oxygen atoms in total. The van der Waals surface area contributed by atoms with Gasteiger partial charge in [-0.15, -0.1) is 0 Å². The summed E-state index contributed by atoms with van der Waals surface area (Å²) in [5.74, 6) is -0.823. The molecule has 0 saturated carbocycles. The van der Waals surface area contributed by atoms with Crippen LogP contribution in [0.2, 0.25) is 0 Å². The first-order valence-electron chi connectivity index (χ1n) is 4.35. The van der Waals surface area contributed by atoms with Gasteiger partial charge in [0.25, 0.3) is 0 Å². The number of carboxylic acids is 1. The third-order valence-electron chi connectivity index (χ3n) is 2.07. The van der Waals surface area contributed by atoms with Crippen molar-refractivity contribution in [1.29, 1.82) is 0 Å². The average Bonchev–Trinajstić information content (AvgIpc) is 2.01. The maximum absolute atomic E-state index is 10.7. The number of hydrogen-bond acceptors (Lipinski definition) is 3. The molecule has 1 rings (SSSR count). The van der Waals surface area contributed by atoms with E-state index in [1.807, 2.05) is 13.8 Å². The molecule has 14 heavy (non-hydrogen) atoms. The lowest BCUT2D eigenvalue weighted by atomic mass is 9.97. The number of carboxylic acid groups (broad SMARTS) is 1. The van der Waals surface area contributed by atoms with Crippen LogP contribution in [0.5, 0.6) is 0 Å². The van der Waals surface area contributed by atoms with E-state index in [1.165, 1.54) is 12.1 Å². The fraction of sp³-hybridized carbons (Fsp3) is 0.300. The monoisotopic (exact) mass is 194 g/mol. The maximum Gasteiger partial charge on any atom is 0.335 e. The molecule has 0 radical (unpaired) electrons. The van der Waals surface area contributed by atoms with Crippen LogP contribution in [0.25, 0.3) is 0 Å². The lowest BCUT2D eigenvalue weighted by Crippen LogP contribution is -2.06. The quantitative estimate of drug-likeness (QED) is 0.625. The molecule has 0 heterocycles. The highest BCUT2D eigenvalue weighted by molar-refractivity contribution is 5.91. The van der Waals surface area contributed by atoms with Gasteiger partial charge in [-0.1, -0.05) is 13.8 Å². The second-order valence-electron chi connectivity index (χ2n) is 3.53. The topological polar surface area (TPSA) is 89.3 Å². The third-order valence-corrected chi connectivity index (χ3v) is 2.07. The van der Waals surface area contributed by atoms with Crippen LogP contribution in [0.15, 0.2) is 12.1 Å². The van der Waals surface area contributed by atoms with Crippen molar-refractivity contribution < 1.29 is 9.90 Å². The van der Waals surface area contributed by atoms with Crippen molar-refractivity contribution in [2.75, 3.05) is 11.5 Å². The smallest absolute Gasteiger partial charge is 0.335 e. The summed E-state index contributed by atoms with van der Waals surface area (Å²) in [5.41, 5.74) is 13.3. The van der Waals surface area contributed by atoms with E-state index >= 15 is 0 Å². The minimum Gasteiger partial charge on any atom is -0.478 e. The number of carbonyl (C=O) groups is 1. The van der Waals surface area contributed by atoms with Gasteiger partial charge >= 0.3 is 5.97 Å². The van der Waals surface area contributed by atoms with Crippen LogP contribution in [-0.4, -0.2) is 11.1 Å². The number of rotatable bonds is 2. The van der Waals surface area contributed by atoms with Gasteiger partial charge in [-0.05, 0) is 18.1 Å². The first-order valence-corrected chi connectivity index (χ1v) is 4.35. The van der Waals surface area contributed by atoms with Crippen LogP contribution >= 0.6 is 0 Å². The van der Waals surface area contributed by atoms with Gasteiger partial charge in [0, 0.05) is 16.9 Å². The van der Waals surface area contributed by atoms with Gasteiger partial charge in [-0.2, -0.15) is 0 Å². The molecule has 1 aromatic carbocycles. The fourth-order valence-corrected chi connectivity index (χ4v) is 1.49. The Morgan fingerprint density at radius 2 is 1.71 bits per heavy atom. The second-order valence-corrected chi connectivity index (χ2v) is 3.53. The van der Waals surface area contributed by atoms with Gasteiger partial charge in [0.2, 0.25) is 0 Å². The van der Waals surface area contributed by atoms with E-state index < -0.39 is 5.97 Å². The van der Waals surface area contributed by atoms with Crippen molar-refractivity contribution in [1.82, 2.24) is 0 Å². The first-order chi connectivity index (χ1) is 6.43. The first kappa shape index (κ1) is 10.4. The predicted octanol–water partition coefficient (Wildman–Crippen LogP) is 1.67. The van der Waals surface area contributed by atoms with Crippen LogP contribution in [0, 0.1) is 0 Å². The van der Waals surface area contributed by atoms with E-state index in [-0.39, 0.29) is 11.5 Å². The molecule has 0 unspecified atom stereocenters. The minimum atomic E-state index is -1.02. The lowest BCUT2D eigenvalue weighted by molar-refractivity contribution is 0.0697. The Morgan fingerprint density at radius 1 is 1.29 bits per heavy atom. The molecule has 5 N–H and O–H groups in total. The average molecular weight is 194 g/mol. The highest BCUT2D eigenvalue weighted by Gasteiger charge is 2.12. The van der Waals surface area contributed by atoms with Crippen molar-refractivity contribution in [2.45, 2.75) is 19.8 Å². The van der Waals surface area contributed by atoms with Gasteiger partial charge in [-0.3, -0.25) is 0 Å². The van der Waals surface area contributed by atoms with Crippen LogP contribution in [0.3, 0.4) is 0 Å². The van der Waals surface area contributed by atoms with Gasteiger partial charge < -0.3 is 16.6 Å². The Balaban J connectivity index is 3.32. The highest BCUT2D eigenvalue weighted by Crippen LogP contribution is 2.29. The lowest BCUT2D eigenvalue weighted by Gasteiger charge is -2.13. The molecule has 0 aromatic heterocycles. The summed E-state index contributed by atoms with van der Waals surface area (Å²) in [6.45, 7) is 3.92. The normalized spacial score (nSPS) is 10.5. The number of hydrogen-bond donors (Lipinski definition) is 3. The number of benzene rings is 1. The summed E-state index contributed by atoms with van der Waals surface area (Å²) >= 11 is 0. The van der Waals surface area contributed by atoms with Crippen molar-refractivity contribution in [3.8, 4) is 0 Å². The number of anilines is 2. The van der Waals surface area contributed by atoms with E-state index in [4.69, 9.17) is 16.6 Å². The van der Waals surface area contributed by atoms with Crippen LogP contribution in [-0.2, 0) is 0 Å². The minimum absolute atomic E-state index is 0.129. The molecule has 4 heteroatoms. The molecular weight excluding hydrogens is 180 g/mol. The number of nitrogens with two attached hydrogens (primary N) is 2. The summed E-state index contributed by atoms with van der Waals surface area (Å²) in [6, 6.07) is 2.88. The molecule has 76 valence electrons. The summed E-state index contributed by atoms with van der Waals surface area (Å²) in [6.07, 6.45) is 0. The summed E-state index contributed by atoms with van der Waals surface area (Å²) in [7, 11) is 0. The largest absolute Gasteiger partial charge is 0.478 e. The maximum atomic E-state index is 10.7. The zero-order chi connectivity index (χ0) is 10.9. The van der Waals surface area contributed by atoms with Gasteiger partial charge in [-0.25, -0.2) is 4.79 Å². The molecule has 1 aromatic rings. The van der Waals surface area contributed by atoms with Crippen LogP contribution in [0.4, 0.5) is 11.4 Å². The predicted molar refractivity (Wildman–Crippen MR) is 56.3 cm³/mol. The highest BCUT2D eigenvalue weighted by atomic mass is 16.4. The summed E-state index contributed by atoms with van der Waals surface area (Å²) < 4.78 is 0. The second kappa shape index (κ2) is 3.57. The van der Waals surface area contributed by atoms with E-state index in [2.05, 4.69) is 0 Å². The molecule has 0 bridgehead atoms. The molecule has 0 saturated heterocycles. The molecule has 0 spiro atoms. The Hall–Kier alpha value is -1.71. The van der Waals surface area contributed by atoms with Crippen molar-refractivity contribution in [3.05, 3.63) is 23.3 Å². The SMILES string of the molecule is CC(C)c1c(N)cc(C(=O)O)cc1N. The van der Waals surface area contributed by atoms with E-state index in [0.29, 0.717) is 11.4 Å². The molecule has 0 amide bonds. The van der Waals surface area contributed by atoms with Crippen LogP contribution in [0.1, 0.15) is 35.7 Å². The Bertz CT molecular complexity index is 349. The van der Waals surface area contributed by atoms with Gasteiger partial charge in [0.1, 0.15) is 0 Å². The molecular formula is C10H14N2O2. The van der Waals surface area contributed by atoms with E-state index in [9.17, 15) is 4.79 Å². The standard InChI is InChI=1S/C10H14N2O2/c1-5(2)9-7(11)3-6(10(13)14)4-8(9)12/h3-5H,11-12H2,1-2H3,(H,13,14). The van der Waals surface area contributed by atoms with E-state index in [0.717, 1.165) is 5.56 Å². The third kappa shape index (κ3) is 1.79. The summed E-state index contributed by atoms with van der Waals surface area (Å²) in [5, 5.41) is 8.75. The van der Waals surface area contributed by atoms with Gasteiger partial charge in [0.15, 0.2) is 0 Å². The van der Waals surface area contributed by atoms with E-state index in [1.54, 1.807) is 0 Å². The zero-order valence-corrected chi connectivity index (χ0v) is 8.24. The Labute approximate surface area is 82.5 Å². The van der Waals surface area contributed by atoms with Crippen molar-refractivity contribution in [2.24, 2.45) is 0 Å². The molecule has 0 atom stereocenters. The Kier molecular flexibility index (Phi) is 2.65. The molecule has 0 fully saturated rings. The van der Waals surface area contributed by atoms with Crippen molar-refractivity contribution in [3.63, 3.8) is 0 Å². The molecule has 0 aliphatic rings. The van der Waals surface area contributed by atoms with Crippen molar-refractivity contribution >= 4 is 17.3 Å². The number of aromatic carboxylic acids is 1. The number of nitrogen functional groups attached to an aromatic ring is 2. The van der Waals surface area contributed by atoms with Crippen LogP contribution < -0.4 is 11.5 Å². The molecule has 0 aliphatic carbocycles. The molecule has 0 aliphatic heterocycles.